The molecule has 1 heterocycles. The molecule has 3 rings (SSSR count). The lowest BCUT2D eigenvalue weighted by Crippen LogP contribution is -2.56. The van der Waals surface area contributed by atoms with Crippen LogP contribution in [0.25, 0.3) is 10.9 Å². The fourth-order valence-corrected chi connectivity index (χ4v) is 3.87. The highest BCUT2D eigenvalue weighted by Crippen LogP contribution is 2.26. The number of halogens is 1. The van der Waals surface area contributed by atoms with Gasteiger partial charge in [0.05, 0.1) is 6.04 Å². The minimum absolute atomic E-state index is 0.305. The molecule has 1 aromatic heterocycles. The number of fused-ring (bicyclic) bond motifs is 1. The second kappa shape index (κ2) is 8.55. The number of hydrogen-bond donors (Lipinski definition) is 4. The summed E-state index contributed by atoms with van der Waals surface area (Å²) in [4.78, 5) is 39.8. The van der Waals surface area contributed by atoms with Crippen molar-refractivity contribution in [3.8, 4) is 0 Å². The van der Waals surface area contributed by atoms with Crippen molar-refractivity contribution in [1.82, 2.24) is 15.6 Å². The zero-order chi connectivity index (χ0) is 22.1. The van der Waals surface area contributed by atoms with E-state index >= 15 is 0 Å². The van der Waals surface area contributed by atoms with E-state index < -0.39 is 23.6 Å². The number of H-pyrrole nitrogens is 1. The third-order valence-corrected chi connectivity index (χ3v) is 5.33. The molecule has 2 aromatic rings. The van der Waals surface area contributed by atoms with Gasteiger partial charge >= 0.3 is 6.09 Å². The summed E-state index contributed by atoms with van der Waals surface area (Å²) in [5.41, 5.74) is 5.99. The minimum Gasteiger partial charge on any atom is -0.444 e. The predicted octanol–water partition coefficient (Wildman–Crippen LogP) is 3.10. The van der Waals surface area contributed by atoms with Crippen molar-refractivity contribution in [2.75, 3.05) is 0 Å². The van der Waals surface area contributed by atoms with Crippen LogP contribution in [0.5, 0.6) is 0 Å². The van der Waals surface area contributed by atoms with Crippen molar-refractivity contribution in [3.05, 3.63) is 35.0 Å². The molecule has 1 unspecified atom stereocenters. The molecule has 0 spiro atoms. The van der Waals surface area contributed by atoms with Crippen molar-refractivity contribution in [1.29, 1.82) is 0 Å². The molecule has 1 fully saturated rings. The Bertz CT molecular complexity index is 966. The molecule has 1 aliphatic rings. The fraction of sp³-hybridized carbons (Fsp3) is 0.476. The Balaban J connectivity index is 1.73. The summed E-state index contributed by atoms with van der Waals surface area (Å²) >= 11 is 6.01. The molecule has 3 amide bonds. The third-order valence-electron chi connectivity index (χ3n) is 5.10. The molecule has 0 saturated heterocycles. The number of alkyl carbamates (subject to hydrolysis) is 1. The van der Waals surface area contributed by atoms with Gasteiger partial charge in [0.1, 0.15) is 11.3 Å². The van der Waals surface area contributed by atoms with Gasteiger partial charge in [0.25, 0.3) is 5.91 Å². The number of aromatic nitrogens is 1. The first-order chi connectivity index (χ1) is 14.0. The number of carbonyl (C=O) groups is 3. The van der Waals surface area contributed by atoms with Gasteiger partial charge < -0.3 is 26.1 Å². The second-order valence-corrected chi connectivity index (χ2v) is 9.10. The van der Waals surface area contributed by atoms with Gasteiger partial charge in [-0.05, 0) is 64.3 Å². The molecule has 162 valence electrons. The van der Waals surface area contributed by atoms with Gasteiger partial charge in [0.2, 0.25) is 5.91 Å². The molecule has 1 aromatic carbocycles. The average molecular weight is 435 g/mol. The Kier molecular flexibility index (Phi) is 6.26. The van der Waals surface area contributed by atoms with Crippen LogP contribution >= 0.6 is 11.6 Å². The predicted molar refractivity (Wildman–Crippen MR) is 114 cm³/mol. The van der Waals surface area contributed by atoms with Gasteiger partial charge in [-0.2, -0.15) is 0 Å². The monoisotopic (exact) mass is 434 g/mol. The van der Waals surface area contributed by atoms with E-state index in [1.165, 1.54) is 0 Å². The first kappa shape index (κ1) is 22.0. The zero-order valence-electron chi connectivity index (χ0n) is 17.3. The summed E-state index contributed by atoms with van der Waals surface area (Å²) in [5, 5.41) is 7.16. The molecule has 8 nitrogen and oxygen atoms in total. The van der Waals surface area contributed by atoms with Crippen LogP contribution in [-0.4, -0.2) is 40.6 Å². The molecule has 0 radical (unpaired) electrons. The van der Waals surface area contributed by atoms with Crippen molar-refractivity contribution < 1.29 is 19.1 Å². The number of hydrogen-bond acceptors (Lipinski definition) is 4. The van der Waals surface area contributed by atoms with Crippen LogP contribution in [0.15, 0.2) is 24.3 Å². The summed E-state index contributed by atoms with van der Waals surface area (Å²) in [5.74, 6) is -1.09. The maximum atomic E-state index is 12.8. The molecule has 0 aliphatic heterocycles. The molecule has 1 aliphatic carbocycles. The van der Waals surface area contributed by atoms with Crippen LogP contribution in [0.4, 0.5) is 4.79 Å². The molecular weight excluding hydrogens is 408 g/mol. The van der Waals surface area contributed by atoms with E-state index in [4.69, 9.17) is 22.1 Å². The standard InChI is InChI=1S/C21H27ClN4O4/c1-21(2,3)30-20(29)26-16-9-11(18(23)27)4-6-15(16)25-19(28)17-10-12-8-13(22)5-7-14(12)24-17/h5,7-8,10-11,15-16,24H,4,6,9H2,1-3H3,(H2,23,27)(H,25,28)(H,26,29)/t11?,15-,16+/m0/s1. The summed E-state index contributed by atoms with van der Waals surface area (Å²) in [7, 11) is 0. The van der Waals surface area contributed by atoms with Crippen molar-refractivity contribution in [2.45, 2.75) is 57.7 Å². The van der Waals surface area contributed by atoms with E-state index in [2.05, 4.69) is 15.6 Å². The van der Waals surface area contributed by atoms with Crippen LogP contribution in [-0.2, 0) is 9.53 Å². The van der Waals surface area contributed by atoms with Gasteiger partial charge in [-0.15, -0.1) is 0 Å². The number of nitrogens with one attached hydrogen (secondary N) is 3. The Hall–Kier alpha value is -2.74. The Morgan fingerprint density at radius 2 is 1.87 bits per heavy atom. The minimum atomic E-state index is -0.661. The molecule has 1 saturated carbocycles. The second-order valence-electron chi connectivity index (χ2n) is 8.66. The highest BCUT2D eigenvalue weighted by atomic mass is 35.5. The Morgan fingerprint density at radius 1 is 1.13 bits per heavy atom. The number of aromatic amines is 1. The first-order valence-electron chi connectivity index (χ1n) is 9.90. The van der Waals surface area contributed by atoms with E-state index in [1.54, 1.807) is 45.0 Å². The average Bonchev–Trinajstić information content (AvgIpc) is 3.04. The van der Waals surface area contributed by atoms with E-state index in [-0.39, 0.29) is 17.9 Å². The van der Waals surface area contributed by atoms with Gasteiger partial charge in [0, 0.05) is 27.9 Å². The number of benzene rings is 1. The van der Waals surface area contributed by atoms with E-state index in [0.717, 1.165) is 10.9 Å². The number of rotatable bonds is 4. The smallest absolute Gasteiger partial charge is 0.407 e. The summed E-state index contributed by atoms with van der Waals surface area (Å²) in [6.07, 6.45) is 0.778. The number of carbonyl (C=O) groups excluding carboxylic acids is 3. The van der Waals surface area contributed by atoms with Crippen molar-refractivity contribution in [3.63, 3.8) is 0 Å². The Labute approximate surface area is 179 Å². The molecule has 3 atom stereocenters. The number of ether oxygens (including phenoxy) is 1. The lowest BCUT2D eigenvalue weighted by Gasteiger charge is -2.36. The summed E-state index contributed by atoms with van der Waals surface area (Å²) in [6, 6.07) is 6.20. The van der Waals surface area contributed by atoms with Gasteiger partial charge in [-0.25, -0.2) is 4.79 Å². The number of amides is 3. The van der Waals surface area contributed by atoms with Gasteiger partial charge in [-0.1, -0.05) is 11.6 Å². The van der Waals surface area contributed by atoms with Crippen molar-refractivity contribution >= 4 is 40.4 Å². The fourth-order valence-electron chi connectivity index (χ4n) is 3.69. The van der Waals surface area contributed by atoms with Crippen LogP contribution in [0.1, 0.15) is 50.5 Å². The zero-order valence-corrected chi connectivity index (χ0v) is 18.0. The third kappa shape index (κ3) is 5.44. The van der Waals surface area contributed by atoms with E-state index in [9.17, 15) is 14.4 Å². The molecule has 9 heteroatoms. The molecule has 30 heavy (non-hydrogen) atoms. The van der Waals surface area contributed by atoms with Gasteiger partial charge in [-0.3, -0.25) is 9.59 Å². The van der Waals surface area contributed by atoms with Crippen LogP contribution < -0.4 is 16.4 Å². The van der Waals surface area contributed by atoms with Crippen LogP contribution in [0, 0.1) is 5.92 Å². The van der Waals surface area contributed by atoms with Crippen molar-refractivity contribution in [2.24, 2.45) is 11.7 Å². The van der Waals surface area contributed by atoms with E-state index in [1.807, 2.05) is 0 Å². The maximum absolute atomic E-state index is 12.8. The van der Waals surface area contributed by atoms with Crippen LogP contribution in [0.2, 0.25) is 5.02 Å². The quantitative estimate of drug-likeness (QED) is 0.589. The topological polar surface area (TPSA) is 126 Å². The normalized spacial score (nSPS) is 21.8. The number of nitrogens with two attached hydrogens (primary N) is 1. The van der Waals surface area contributed by atoms with Crippen LogP contribution in [0.3, 0.4) is 0 Å². The summed E-state index contributed by atoms with van der Waals surface area (Å²) < 4.78 is 5.33. The molecular formula is C21H27ClN4O4. The van der Waals surface area contributed by atoms with E-state index in [0.29, 0.717) is 30.0 Å². The largest absolute Gasteiger partial charge is 0.444 e. The lowest BCUT2D eigenvalue weighted by atomic mass is 9.82. The first-order valence-corrected chi connectivity index (χ1v) is 10.3. The lowest BCUT2D eigenvalue weighted by molar-refractivity contribution is -0.123. The highest BCUT2D eigenvalue weighted by Gasteiger charge is 2.36. The SMILES string of the molecule is CC(C)(C)OC(=O)N[C@@H]1CC(C(N)=O)CC[C@@H]1NC(=O)c1cc2cc(Cl)ccc2[nH]1. The van der Waals surface area contributed by atoms with Gasteiger partial charge in [0.15, 0.2) is 0 Å². The number of primary amides is 1. The Morgan fingerprint density at radius 3 is 2.53 bits per heavy atom. The summed E-state index contributed by atoms with van der Waals surface area (Å²) in [6.45, 7) is 5.29. The highest BCUT2D eigenvalue weighted by molar-refractivity contribution is 6.31. The maximum Gasteiger partial charge on any atom is 0.407 e. The molecule has 5 N–H and O–H groups in total. The molecule has 0 bridgehead atoms.